The first kappa shape index (κ1) is 15.3. The summed E-state index contributed by atoms with van der Waals surface area (Å²) in [4.78, 5) is 21.4. The topological polar surface area (TPSA) is 66.9 Å². The minimum absolute atomic E-state index is 0.174. The first-order valence-corrected chi connectivity index (χ1v) is 7.92. The zero-order valence-corrected chi connectivity index (χ0v) is 12.9. The van der Waals surface area contributed by atoms with E-state index in [0.717, 1.165) is 12.1 Å². The number of hydrogen-bond donors (Lipinski definition) is 2. The van der Waals surface area contributed by atoms with Gasteiger partial charge in [-0.3, -0.25) is 4.79 Å². The Balaban J connectivity index is 1.94. The van der Waals surface area contributed by atoms with Crippen LogP contribution in [0.4, 0.5) is 5.95 Å². The molecule has 5 nitrogen and oxygen atoms in total. The quantitative estimate of drug-likeness (QED) is 0.803. The smallest absolute Gasteiger partial charge is 0.254 e. The van der Waals surface area contributed by atoms with Gasteiger partial charge in [0.1, 0.15) is 0 Å². The zero-order chi connectivity index (χ0) is 15.1. The van der Waals surface area contributed by atoms with Crippen LogP contribution in [0.2, 0.25) is 0 Å². The molecule has 0 saturated heterocycles. The largest absolute Gasteiger partial charge is 0.355 e. The number of rotatable bonds is 6. The van der Waals surface area contributed by atoms with Gasteiger partial charge < -0.3 is 10.6 Å². The number of carbonyl (C=O) groups excluding carboxylic acids is 1. The Bertz CT molecular complexity index is 601. The molecule has 0 atom stereocenters. The van der Waals surface area contributed by atoms with Gasteiger partial charge in [0, 0.05) is 30.4 Å². The number of benzene rings is 1. The highest BCUT2D eigenvalue weighted by molar-refractivity contribution is 7.98. The van der Waals surface area contributed by atoms with E-state index in [1.807, 2.05) is 31.4 Å². The molecule has 0 aliphatic rings. The molecular formula is C15H18N4OS. The molecule has 1 amide bonds. The molecule has 1 aromatic carbocycles. The van der Waals surface area contributed by atoms with Crippen LogP contribution in [0.1, 0.15) is 22.8 Å². The maximum Gasteiger partial charge on any atom is 0.254 e. The fraction of sp³-hybridized carbons (Fsp3) is 0.267. The Morgan fingerprint density at radius 1 is 1.29 bits per heavy atom. The van der Waals surface area contributed by atoms with Gasteiger partial charge in [-0.15, -0.1) is 11.8 Å². The Morgan fingerprint density at radius 2 is 2.05 bits per heavy atom. The van der Waals surface area contributed by atoms with Gasteiger partial charge in [0.2, 0.25) is 5.95 Å². The molecule has 1 heterocycles. The summed E-state index contributed by atoms with van der Waals surface area (Å²) >= 11 is 1.68. The lowest BCUT2D eigenvalue weighted by Crippen LogP contribution is -2.23. The Kier molecular flexibility index (Phi) is 5.57. The molecule has 1 aromatic heterocycles. The highest BCUT2D eigenvalue weighted by atomic mass is 32.2. The van der Waals surface area contributed by atoms with Crippen molar-refractivity contribution in [2.24, 2.45) is 0 Å². The maximum atomic E-state index is 12.0. The van der Waals surface area contributed by atoms with Gasteiger partial charge >= 0.3 is 0 Å². The molecule has 0 aliphatic heterocycles. The van der Waals surface area contributed by atoms with Crippen LogP contribution < -0.4 is 10.6 Å². The van der Waals surface area contributed by atoms with E-state index in [4.69, 9.17) is 0 Å². The molecular weight excluding hydrogens is 284 g/mol. The van der Waals surface area contributed by atoms with Gasteiger partial charge in [0.05, 0.1) is 5.56 Å². The van der Waals surface area contributed by atoms with Crippen molar-refractivity contribution in [2.45, 2.75) is 18.4 Å². The van der Waals surface area contributed by atoms with E-state index in [2.05, 4.69) is 26.7 Å². The number of amides is 1. The average Bonchev–Trinajstić information content (AvgIpc) is 2.54. The summed E-state index contributed by atoms with van der Waals surface area (Å²) in [5.74, 6) is 0.356. The van der Waals surface area contributed by atoms with Crippen molar-refractivity contribution in [3.63, 3.8) is 0 Å². The average molecular weight is 302 g/mol. The normalized spacial score (nSPS) is 10.2. The molecule has 21 heavy (non-hydrogen) atoms. The number of hydrogen-bond acceptors (Lipinski definition) is 5. The molecule has 0 fully saturated rings. The molecule has 0 bridgehead atoms. The monoisotopic (exact) mass is 302 g/mol. The van der Waals surface area contributed by atoms with Crippen molar-refractivity contribution in [3.05, 3.63) is 47.8 Å². The second-order valence-corrected chi connectivity index (χ2v) is 5.24. The third kappa shape index (κ3) is 4.46. The highest BCUT2D eigenvalue weighted by Gasteiger charge is 2.07. The van der Waals surface area contributed by atoms with Crippen molar-refractivity contribution < 1.29 is 4.79 Å². The van der Waals surface area contributed by atoms with E-state index in [-0.39, 0.29) is 5.91 Å². The lowest BCUT2D eigenvalue weighted by Gasteiger charge is -2.07. The predicted octanol–water partition coefficient (Wildman–Crippen LogP) is 2.56. The van der Waals surface area contributed by atoms with E-state index >= 15 is 0 Å². The van der Waals surface area contributed by atoms with Crippen LogP contribution in [0.25, 0.3) is 0 Å². The Labute approximate surface area is 128 Å². The zero-order valence-electron chi connectivity index (χ0n) is 12.1. The van der Waals surface area contributed by atoms with Gasteiger partial charge in [0.15, 0.2) is 0 Å². The summed E-state index contributed by atoms with van der Waals surface area (Å²) < 4.78 is 0. The summed E-state index contributed by atoms with van der Waals surface area (Å²) in [5.41, 5.74) is 1.53. The standard InChI is InChI=1S/C15H18N4OS/c1-3-16-15-18-9-12(10-19-15)14(20)17-8-11-5-4-6-13(7-11)21-2/h4-7,9-10H,3,8H2,1-2H3,(H,17,20)(H,16,18,19). The van der Waals surface area contributed by atoms with Crippen LogP contribution in [0.3, 0.4) is 0 Å². The first-order valence-electron chi connectivity index (χ1n) is 6.70. The fourth-order valence-electron chi connectivity index (χ4n) is 1.76. The minimum Gasteiger partial charge on any atom is -0.355 e. The number of anilines is 1. The van der Waals surface area contributed by atoms with E-state index in [1.165, 1.54) is 17.3 Å². The van der Waals surface area contributed by atoms with Gasteiger partial charge in [0.25, 0.3) is 5.91 Å². The van der Waals surface area contributed by atoms with Crippen LogP contribution in [-0.4, -0.2) is 28.7 Å². The molecule has 2 N–H and O–H groups in total. The molecule has 0 radical (unpaired) electrons. The molecule has 0 unspecified atom stereocenters. The van der Waals surface area contributed by atoms with E-state index in [9.17, 15) is 4.79 Å². The highest BCUT2D eigenvalue weighted by Crippen LogP contribution is 2.15. The molecule has 0 saturated carbocycles. The van der Waals surface area contributed by atoms with E-state index in [0.29, 0.717) is 18.1 Å². The van der Waals surface area contributed by atoms with Gasteiger partial charge in [-0.25, -0.2) is 9.97 Å². The van der Waals surface area contributed by atoms with Crippen molar-refractivity contribution in [3.8, 4) is 0 Å². The Morgan fingerprint density at radius 3 is 2.71 bits per heavy atom. The van der Waals surface area contributed by atoms with Crippen molar-refractivity contribution in [1.29, 1.82) is 0 Å². The summed E-state index contributed by atoms with van der Waals surface area (Å²) in [6.45, 7) is 3.20. The minimum atomic E-state index is -0.174. The number of aromatic nitrogens is 2. The van der Waals surface area contributed by atoms with Crippen LogP contribution in [0.15, 0.2) is 41.6 Å². The Hall–Kier alpha value is -2.08. The summed E-state index contributed by atoms with van der Waals surface area (Å²) in [5, 5.41) is 5.86. The summed E-state index contributed by atoms with van der Waals surface area (Å²) in [6.07, 6.45) is 5.08. The summed E-state index contributed by atoms with van der Waals surface area (Å²) in [7, 11) is 0. The lowest BCUT2D eigenvalue weighted by atomic mass is 10.2. The molecule has 0 spiro atoms. The molecule has 110 valence electrons. The molecule has 2 aromatic rings. The van der Waals surface area contributed by atoms with Crippen LogP contribution >= 0.6 is 11.8 Å². The van der Waals surface area contributed by atoms with Gasteiger partial charge in [-0.05, 0) is 30.9 Å². The molecule has 0 aliphatic carbocycles. The number of nitrogens with one attached hydrogen (secondary N) is 2. The predicted molar refractivity (Wildman–Crippen MR) is 85.6 cm³/mol. The van der Waals surface area contributed by atoms with Crippen molar-refractivity contribution in [2.75, 3.05) is 18.1 Å². The second-order valence-electron chi connectivity index (χ2n) is 4.36. The lowest BCUT2D eigenvalue weighted by molar-refractivity contribution is 0.0950. The fourth-order valence-corrected chi connectivity index (χ4v) is 2.25. The third-order valence-corrected chi connectivity index (χ3v) is 3.56. The van der Waals surface area contributed by atoms with E-state index < -0.39 is 0 Å². The molecule has 2 rings (SSSR count). The van der Waals surface area contributed by atoms with Gasteiger partial charge in [-0.1, -0.05) is 12.1 Å². The maximum absolute atomic E-state index is 12.0. The first-order chi connectivity index (χ1) is 10.2. The number of thioether (sulfide) groups is 1. The van der Waals surface area contributed by atoms with Gasteiger partial charge in [-0.2, -0.15) is 0 Å². The van der Waals surface area contributed by atoms with E-state index in [1.54, 1.807) is 11.8 Å². The third-order valence-electron chi connectivity index (χ3n) is 2.84. The second kappa shape index (κ2) is 7.64. The van der Waals surface area contributed by atoms with Crippen LogP contribution in [0, 0.1) is 0 Å². The number of nitrogens with zero attached hydrogens (tertiary/aromatic N) is 2. The molecule has 6 heteroatoms. The van der Waals surface area contributed by atoms with Crippen LogP contribution in [0.5, 0.6) is 0 Å². The van der Waals surface area contributed by atoms with Crippen molar-refractivity contribution in [1.82, 2.24) is 15.3 Å². The number of carbonyl (C=O) groups is 1. The SMILES string of the molecule is CCNc1ncc(C(=O)NCc2cccc(SC)c2)cn1. The van der Waals surface area contributed by atoms with Crippen molar-refractivity contribution >= 4 is 23.6 Å². The summed E-state index contributed by atoms with van der Waals surface area (Å²) in [6, 6.07) is 8.09. The van der Waals surface area contributed by atoms with Crippen LogP contribution in [-0.2, 0) is 6.54 Å².